The molecule has 0 bridgehead atoms. The minimum absolute atomic E-state index is 0.322. The van der Waals surface area contributed by atoms with Crippen LogP contribution in [-0.2, 0) is 4.79 Å². The highest BCUT2D eigenvalue weighted by molar-refractivity contribution is 6.38. The zero-order valence-corrected chi connectivity index (χ0v) is 5.72. The standard InChI is InChI=1S/C6H3NO5/c8-5(6(9)7(10)11)4-2-1-3-12-4/h1-3H. The third-order valence-corrected chi connectivity index (χ3v) is 1.11. The quantitative estimate of drug-likeness (QED) is 0.274. The fraction of sp³-hybridized carbons (Fsp3) is 0. The molecule has 6 heteroatoms. The van der Waals surface area contributed by atoms with Gasteiger partial charge in [0.2, 0.25) is 0 Å². The summed E-state index contributed by atoms with van der Waals surface area (Å²) in [5.74, 6) is -3.26. The topological polar surface area (TPSA) is 90.4 Å². The molecule has 0 aromatic carbocycles. The smallest absolute Gasteiger partial charge is 0.460 e. The zero-order valence-electron chi connectivity index (χ0n) is 5.72. The molecule has 1 rings (SSSR count). The highest BCUT2D eigenvalue weighted by Crippen LogP contribution is 2.01. The molecule has 0 aliphatic rings. The Balaban J connectivity index is 2.87. The highest BCUT2D eigenvalue weighted by Gasteiger charge is 2.29. The van der Waals surface area contributed by atoms with Gasteiger partial charge in [0.1, 0.15) is 4.92 Å². The van der Waals surface area contributed by atoms with Crippen LogP contribution in [0.2, 0.25) is 0 Å². The average molecular weight is 169 g/mol. The Hall–Kier alpha value is -1.98. The molecule has 6 nitrogen and oxygen atoms in total. The molecule has 0 N–H and O–H groups in total. The van der Waals surface area contributed by atoms with Crippen LogP contribution < -0.4 is 0 Å². The highest BCUT2D eigenvalue weighted by atomic mass is 16.6. The molecule has 0 spiro atoms. The van der Waals surface area contributed by atoms with Crippen LogP contribution in [0.4, 0.5) is 0 Å². The van der Waals surface area contributed by atoms with Crippen molar-refractivity contribution < 1.29 is 18.9 Å². The van der Waals surface area contributed by atoms with Crippen molar-refractivity contribution in [1.29, 1.82) is 0 Å². The Morgan fingerprint density at radius 3 is 2.58 bits per heavy atom. The van der Waals surface area contributed by atoms with Crippen LogP contribution in [-0.4, -0.2) is 16.6 Å². The van der Waals surface area contributed by atoms with Crippen LogP contribution in [0.25, 0.3) is 0 Å². The van der Waals surface area contributed by atoms with E-state index in [9.17, 15) is 19.7 Å². The molecule has 62 valence electrons. The van der Waals surface area contributed by atoms with Gasteiger partial charge in [-0.05, 0) is 12.1 Å². The summed E-state index contributed by atoms with van der Waals surface area (Å²) in [6.07, 6.45) is 1.15. The number of ketones is 1. The van der Waals surface area contributed by atoms with Crippen LogP contribution in [0.15, 0.2) is 22.8 Å². The van der Waals surface area contributed by atoms with Crippen LogP contribution in [0, 0.1) is 10.1 Å². The Morgan fingerprint density at radius 1 is 1.50 bits per heavy atom. The lowest BCUT2D eigenvalue weighted by atomic mass is 10.3. The first-order valence-corrected chi connectivity index (χ1v) is 2.89. The predicted octanol–water partition coefficient (Wildman–Crippen LogP) is 0.266. The van der Waals surface area contributed by atoms with Gasteiger partial charge in [-0.1, -0.05) is 0 Å². The van der Waals surface area contributed by atoms with Gasteiger partial charge in [0.25, 0.3) is 0 Å². The molecule has 0 fully saturated rings. The lowest BCUT2D eigenvalue weighted by Crippen LogP contribution is -2.22. The van der Waals surface area contributed by atoms with Crippen molar-refractivity contribution in [3.63, 3.8) is 0 Å². The SMILES string of the molecule is O=C(C(=O)[N+](=O)[O-])c1ccco1. The van der Waals surface area contributed by atoms with Gasteiger partial charge in [0.05, 0.1) is 6.26 Å². The van der Waals surface area contributed by atoms with Crippen LogP contribution in [0.5, 0.6) is 0 Å². The minimum Gasteiger partial charge on any atom is -0.460 e. The van der Waals surface area contributed by atoms with Crippen LogP contribution >= 0.6 is 0 Å². The number of rotatable bonds is 2. The van der Waals surface area contributed by atoms with Crippen LogP contribution in [0.1, 0.15) is 10.6 Å². The van der Waals surface area contributed by atoms with E-state index >= 15 is 0 Å². The largest absolute Gasteiger partial charge is 0.520 e. The fourth-order valence-corrected chi connectivity index (χ4v) is 0.596. The summed E-state index contributed by atoms with van der Waals surface area (Å²) in [4.78, 5) is 29.7. The lowest BCUT2D eigenvalue weighted by Gasteiger charge is -1.85. The number of carbonyl (C=O) groups excluding carboxylic acids is 2. The van der Waals surface area contributed by atoms with Gasteiger partial charge in [0, 0.05) is 0 Å². The van der Waals surface area contributed by atoms with Gasteiger partial charge >= 0.3 is 11.7 Å². The fourth-order valence-electron chi connectivity index (χ4n) is 0.596. The van der Waals surface area contributed by atoms with Crippen molar-refractivity contribution in [1.82, 2.24) is 0 Å². The van der Waals surface area contributed by atoms with Gasteiger partial charge < -0.3 is 4.42 Å². The van der Waals surface area contributed by atoms with Gasteiger partial charge in [-0.15, -0.1) is 0 Å². The third-order valence-electron chi connectivity index (χ3n) is 1.11. The number of carbonyl (C=O) groups is 2. The monoisotopic (exact) mass is 169 g/mol. The zero-order chi connectivity index (χ0) is 9.14. The summed E-state index contributed by atoms with van der Waals surface area (Å²) >= 11 is 0. The number of amides is 1. The van der Waals surface area contributed by atoms with E-state index in [-0.39, 0.29) is 5.76 Å². The first-order valence-electron chi connectivity index (χ1n) is 2.89. The summed E-state index contributed by atoms with van der Waals surface area (Å²) < 4.78 is 4.49. The first-order chi connectivity index (χ1) is 5.63. The molecule has 0 unspecified atom stereocenters. The Morgan fingerprint density at radius 2 is 2.17 bits per heavy atom. The lowest BCUT2D eigenvalue weighted by molar-refractivity contribution is -0.394. The van der Waals surface area contributed by atoms with E-state index in [2.05, 4.69) is 4.42 Å². The maximum Gasteiger partial charge on any atom is 0.520 e. The maximum absolute atomic E-state index is 10.8. The molecule has 1 aromatic rings. The van der Waals surface area contributed by atoms with Crippen molar-refractivity contribution in [2.75, 3.05) is 0 Å². The molecule has 0 saturated carbocycles. The van der Waals surface area contributed by atoms with E-state index in [1.165, 1.54) is 12.1 Å². The van der Waals surface area contributed by atoms with Crippen molar-refractivity contribution in [2.45, 2.75) is 0 Å². The van der Waals surface area contributed by atoms with Crippen LogP contribution in [0.3, 0.4) is 0 Å². The minimum atomic E-state index is -1.69. The molecule has 0 atom stereocenters. The summed E-state index contributed by atoms with van der Waals surface area (Å²) in [6, 6.07) is 2.55. The van der Waals surface area contributed by atoms with E-state index < -0.39 is 16.6 Å². The number of hydrogen-bond donors (Lipinski definition) is 0. The van der Waals surface area contributed by atoms with E-state index in [0.717, 1.165) is 6.26 Å². The Labute approximate surface area is 65.9 Å². The Bertz CT molecular complexity index is 326. The van der Waals surface area contributed by atoms with E-state index in [1.807, 2.05) is 0 Å². The maximum atomic E-state index is 10.8. The molecule has 0 aliphatic heterocycles. The second-order valence-electron chi connectivity index (χ2n) is 1.87. The number of nitro groups is 1. The van der Waals surface area contributed by atoms with Gasteiger partial charge in [0.15, 0.2) is 5.76 Å². The predicted molar refractivity (Wildman–Crippen MR) is 35.0 cm³/mol. The summed E-state index contributed by atoms with van der Waals surface area (Å²) in [5, 5.41) is 9.83. The number of nitrogens with zero attached hydrogens (tertiary/aromatic N) is 1. The molecule has 0 aliphatic carbocycles. The normalized spacial score (nSPS) is 9.33. The number of Topliss-reactive ketones (excluding diaryl/α,β-unsaturated/α-hetero) is 1. The molecule has 1 amide bonds. The molecular weight excluding hydrogens is 166 g/mol. The second-order valence-corrected chi connectivity index (χ2v) is 1.87. The van der Waals surface area contributed by atoms with Crippen molar-refractivity contribution >= 4 is 11.7 Å². The Kier molecular flexibility index (Phi) is 2.00. The summed E-state index contributed by atoms with van der Waals surface area (Å²) in [5.41, 5.74) is 0. The van der Waals surface area contributed by atoms with Crippen molar-refractivity contribution in [2.24, 2.45) is 0 Å². The van der Waals surface area contributed by atoms with E-state index in [1.54, 1.807) is 0 Å². The van der Waals surface area contributed by atoms with Gasteiger partial charge in [-0.3, -0.25) is 14.9 Å². The van der Waals surface area contributed by atoms with E-state index in [4.69, 9.17) is 0 Å². The second kappa shape index (κ2) is 2.95. The molecule has 12 heavy (non-hydrogen) atoms. The van der Waals surface area contributed by atoms with Gasteiger partial charge in [-0.2, -0.15) is 0 Å². The van der Waals surface area contributed by atoms with Gasteiger partial charge in [-0.25, -0.2) is 4.79 Å². The average Bonchev–Trinajstić information content (AvgIpc) is 2.53. The van der Waals surface area contributed by atoms with Crippen molar-refractivity contribution in [3.05, 3.63) is 34.3 Å². The molecule has 0 radical (unpaired) electrons. The molecular formula is C6H3NO5. The molecule has 1 heterocycles. The number of hydrogen-bond acceptors (Lipinski definition) is 5. The van der Waals surface area contributed by atoms with Crippen molar-refractivity contribution in [3.8, 4) is 0 Å². The summed E-state index contributed by atoms with van der Waals surface area (Å²) in [6.45, 7) is 0. The summed E-state index contributed by atoms with van der Waals surface area (Å²) in [7, 11) is 0. The third kappa shape index (κ3) is 1.36. The molecule has 0 saturated heterocycles. The number of furan rings is 1. The first kappa shape index (κ1) is 8.12. The molecule has 1 aromatic heterocycles. The van der Waals surface area contributed by atoms with E-state index in [0.29, 0.717) is 0 Å².